The number of piperidine rings is 1. The second-order valence-electron chi connectivity index (χ2n) is 5.69. The van der Waals surface area contributed by atoms with Gasteiger partial charge in [0.1, 0.15) is 12.1 Å². The van der Waals surface area contributed by atoms with E-state index in [1.807, 2.05) is 36.4 Å². The van der Waals surface area contributed by atoms with Gasteiger partial charge in [-0.05, 0) is 25.0 Å². The highest BCUT2D eigenvalue weighted by molar-refractivity contribution is 5.92. The van der Waals surface area contributed by atoms with Gasteiger partial charge in [-0.15, -0.1) is 0 Å². The zero-order valence-electron chi connectivity index (χ0n) is 13.0. The van der Waals surface area contributed by atoms with Gasteiger partial charge in [-0.1, -0.05) is 18.2 Å². The van der Waals surface area contributed by atoms with E-state index >= 15 is 0 Å². The van der Waals surface area contributed by atoms with Crippen molar-refractivity contribution in [2.24, 2.45) is 11.7 Å². The van der Waals surface area contributed by atoms with Gasteiger partial charge in [0, 0.05) is 37.3 Å². The van der Waals surface area contributed by atoms with Crippen LogP contribution in [0.25, 0.3) is 0 Å². The third-order valence-corrected chi connectivity index (χ3v) is 4.15. The molecule has 0 spiro atoms. The number of amides is 1. The number of anilines is 2. The van der Waals surface area contributed by atoms with E-state index in [4.69, 9.17) is 5.73 Å². The van der Waals surface area contributed by atoms with Crippen LogP contribution >= 0.6 is 0 Å². The number of para-hydroxylation sites is 1. The average molecular weight is 311 g/mol. The maximum Gasteiger partial charge on any atom is 0.227 e. The number of carbonyl (C=O) groups is 1. The normalized spacial score (nSPS) is 15.4. The van der Waals surface area contributed by atoms with Crippen molar-refractivity contribution < 1.29 is 4.79 Å². The van der Waals surface area contributed by atoms with Crippen LogP contribution in [0.3, 0.4) is 0 Å². The van der Waals surface area contributed by atoms with Crippen LogP contribution < -0.4 is 16.0 Å². The quantitative estimate of drug-likeness (QED) is 0.899. The van der Waals surface area contributed by atoms with Crippen molar-refractivity contribution in [2.75, 3.05) is 23.3 Å². The van der Waals surface area contributed by atoms with Crippen molar-refractivity contribution in [2.45, 2.75) is 19.4 Å². The van der Waals surface area contributed by atoms with Crippen molar-refractivity contribution in [3.05, 3.63) is 48.4 Å². The number of nitrogens with two attached hydrogens (primary N) is 1. The summed E-state index contributed by atoms with van der Waals surface area (Å²) in [6, 6.07) is 11.5. The number of nitrogens with zero attached hydrogens (tertiary/aromatic N) is 3. The molecule has 3 rings (SSSR count). The molecule has 1 fully saturated rings. The smallest absolute Gasteiger partial charge is 0.227 e. The summed E-state index contributed by atoms with van der Waals surface area (Å²) in [5, 5.41) is 2.98. The van der Waals surface area contributed by atoms with Crippen molar-refractivity contribution in [3.63, 3.8) is 0 Å². The fraction of sp³-hybridized carbons (Fsp3) is 0.353. The van der Waals surface area contributed by atoms with Crippen LogP contribution in [0, 0.1) is 5.92 Å². The highest BCUT2D eigenvalue weighted by Crippen LogP contribution is 2.23. The van der Waals surface area contributed by atoms with E-state index in [0.29, 0.717) is 6.54 Å². The Balaban J connectivity index is 1.56. The van der Waals surface area contributed by atoms with Crippen LogP contribution in [-0.2, 0) is 11.3 Å². The van der Waals surface area contributed by atoms with Crippen molar-refractivity contribution in [3.8, 4) is 0 Å². The Hall–Kier alpha value is -2.47. The fourth-order valence-electron chi connectivity index (χ4n) is 2.81. The van der Waals surface area contributed by atoms with E-state index in [-0.39, 0.29) is 11.8 Å². The minimum absolute atomic E-state index is 0.0438. The molecule has 0 unspecified atom stereocenters. The summed E-state index contributed by atoms with van der Waals surface area (Å²) >= 11 is 0. The topological polar surface area (TPSA) is 84.1 Å². The molecule has 2 heterocycles. The van der Waals surface area contributed by atoms with Gasteiger partial charge in [0.2, 0.25) is 5.91 Å². The number of aromatic nitrogens is 2. The SMILES string of the molecule is NCc1cc(N2CCC(C(=O)Nc3ccccc3)CC2)ncn1. The molecule has 0 atom stereocenters. The molecule has 1 aliphatic heterocycles. The Kier molecular flexibility index (Phi) is 4.83. The molecule has 0 aliphatic carbocycles. The largest absolute Gasteiger partial charge is 0.356 e. The first-order chi connectivity index (χ1) is 11.3. The lowest BCUT2D eigenvalue weighted by atomic mass is 9.95. The third kappa shape index (κ3) is 3.84. The van der Waals surface area contributed by atoms with Gasteiger partial charge in [0.05, 0.1) is 5.69 Å². The number of hydrogen-bond donors (Lipinski definition) is 2. The molecule has 1 aliphatic rings. The van der Waals surface area contributed by atoms with Crippen LogP contribution in [-0.4, -0.2) is 29.0 Å². The van der Waals surface area contributed by atoms with E-state index in [1.165, 1.54) is 0 Å². The molecule has 1 aromatic carbocycles. The number of nitrogens with one attached hydrogen (secondary N) is 1. The molecule has 23 heavy (non-hydrogen) atoms. The van der Waals surface area contributed by atoms with Crippen LogP contribution in [0.4, 0.5) is 11.5 Å². The Morgan fingerprint density at radius 2 is 1.96 bits per heavy atom. The van der Waals surface area contributed by atoms with Crippen molar-refractivity contribution in [1.29, 1.82) is 0 Å². The second-order valence-corrected chi connectivity index (χ2v) is 5.69. The van der Waals surface area contributed by atoms with Gasteiger partial charge in [0.15, 0.2) is 0 Å². The minimum Gasteiger partial charge on any atom is -0.356 e. The first-order valence-electron chi connectivity index (χ1n) is 7.88. The van der Waals surface area contributed by atoms with Crippen LogP contribution in [0.2, 0.25) is 0 Å². The van der Waals surface area contributed by atoms with E-state index in [1.54, 1.807) is 6.33 Å². The monoisotopic (exact) mass is 311 g/mol. The second kappa shape index (κ2) is 7.19. The summed E-state index contributed by atoms with van der Waals surface area (Å²) in [6.45, 7) is 2.03. The highest BCUT2D eigenvalue weighted by atomic mass is 16.1. The van der Waals surface area contributed by atoms with Crippen LogP contribution in [0.15, 0.2) is 42.7 Å². The van der Waals surface area contributed by atoms with E-state index in [9.17, 15) is 4.79 Å². The summed E-state index contributed by atoms with van der Waals surface area (Å²) in [7, 11) is 0. The van der Waals surface area contributed by atoms with Crippen molar-refractivity contribution >= 4 is 17.4 Å². The molecule has 1 aromatic heterocycles. The van der Waals surface area contributed by atoms with E-state index in [0.717, 1.165) is 43.1 Å². The van der Waals surface area contributed by atoms with Gasteiger partial charge in [0.25, 0.3) is 0 Å². The Morgan fingerprint density at radius 3 is 2.65 bits per heavy atom. The minimum atomic E-state index is 0.0438. The zero-order valence-corrected chi connectivity index (χ0v) is 13.0. The summed E-state index contributed by atoms with van der Waals surface area (Å²) in [6.07, 6.45) is 3.19. The number of benzene rings is 1. The molecule has 0 bridgehead atoms. The van der Waals surface area contributed by atoms with Crippen LogP contribution in [0.1, 0.15) is 18.5 Å². The summed E-state index contributed by atoms with van der Waals surface area (Å²) in [5.74, 6) is 1.03. The molecule has 0 radical (unpaired) electrons. The van der Waals surface area contributed by atoms with Gasteiger partial charge in [-0.2, -0.15) is 0 Å². The molecule has 1 saturated heterocycles. The molecule has 1 amide bonds. The van der Waals surface area contributed by atoms with E-state index in [2.05, 4.69) is 20.2 Å². The Bertz CT molecular complexity index is 653. The number of carbonyl (C=O) groups excluding carboxylic acids is 1. The fourth-order valence-corrected chi connectivity index (χ4v) is 2.81. The lowest BCUT2D eigenvalue weighted by Crippen LogP contribution is -2.38. The van der Waals surface area contributed by atoms with Gasteiger partial charge < -0.3 is 16.0 Å². The highest BCUT2D eigenvalue weighted by Gasteiger charge is 2.25. The molecule has 6 heteroatoms. The van der Waals surface area contributed by atoms with Gasteiger partial charge in [-0.3, -0.25) is 4.79 Å². The van der Waals surface area contributed by atoms with Crippen LogP contribution in [0.5, 0.6) is 0 Å². The zero-order chi connectivity index (χ0) is 16.1. The third-order valence-electron chi connectivity index (χ3n) is 4.15. The predicted octanol–water partition coefficient (Wildman–Crippen LogP) is 1.79. The number of rotatable bonds is 4. The summed E-state index contributed by atoms with van der Waals surface area (Å²) in [5.41, 5.74) is 7.30. The Labute approximate surface area is 135 Å². The van der Waals surface area contributed by atoms with Gasteiger partial charge >= 0.3 is 0 Å². The molecular formula is C17H21N5O. The predicted molar refractivity (Wildman–Crippen MR) is 89.9 cm³/mol. The summed E-state index contributed by atoms with van der Waals surface area (Å²) < 4.78 is 0. The first-order valence-corrected chi connectivity index (χ1v) is 7.88. The lowest BCUT2D eigenvalue weighted by molar-refractivity contribution is -0.120. The molecule has 120 valence electrons. The lowest BCUT2D eigenvalue weighted by Gasteiger charge is -2.32. The maximum absolute atomic E-state index is 12.3. The molecular weight excluding hydrogens is 290 g/mol. The average Bonchev–Trinajstić information content (AvgIpc) is 2.63. The van der Waals surface area contributed by atoms with Crippen molar-refractivity contribution in [1.82, 2.24) is 9.97 Å². The van der Waals surface area contributed by atoms with Gasteiger partial charge in [-0.25, -0.2) is 9.97 Å². The summed E-state index contributed by atoms with van der Waals surface area (Å²) in [4.78, 5) is 23.0. The first kappa shape index (κ1) is 15.4. The molecule has 0 saturated carbocycles. The standard InChI is InChI=1S/C17H21N5O/c18-11-15-10-16(20-12-19-15)22-8-6-13(7-9-22)17(23)21-14-4-2-1-3-5-14/h1-5,10,12-13H,6-9,11,18H2,(H,21,23). The van der Waals surface area contributed by atoms with E-state index < -0.39 is 0 Å². The number of hydrogen-bond acceptors (Lipinski definition) is 5. The molecule has 6 nitrogen and oxygen atoms in total. The maximum atomic E-state index is 12.3. The molecule has 2 aromatic rings. The Morgan fingerprint density at radius 1 is 1.22 bits per heavy atom. The molecule has 3 N–H and O–H groups in total.